The van der Waals surface area contributed by atoms with Crippen LogP contribution in [0.25, 0.3) is 11.1 Å². The molecule has 0 fully saturated rings. The molecule has 0 saturated heterocycles. The maximum absolute atomic E-state index is 11.4. The van der Waals surface area contributed by atoms with Gasteiger partial charge in [0.1, 0.15) is 0 Å². The van der Waals surface area contributed by atoms with E-state index in [-0.39, 0.29) is 5.76 Å². The Hall–Kier alpha value is -1.55. The van der Waals surface area contributed by atoms with E-state index in [2.05, 4.69) is 0 Å². The zero-order valence-corrected chi connectivity index (χ0v) is 7.90. The highest BCUT2D eigenvalue weighted by atomic mass is 16.5. The SMILES string of the molecule is COCCn1c(=O)oc2ccccc21. The standard InChI is InChI=1S/C10H11NO3/c1-13-7-6-11-8-4-2-3-5-9(8)14-10(11)12/h2-5H,6-7H2,1H3. The molecular formula is C10H11NO3. The Balaban J connectivity index is 2.51. The number of para-hydroxylation sites is 2. The van der Waals surface area contributed by atoms with Gasteiger partial charge in [0.25, 0.3) is 0 Å². The Kier molecular flexibility index (Phi) is 2.37. The van der Waals surface area contributed by atoms with Crippen molar-refractivity contribution in [1.82, 2.24) is 4.57 Å². The van der Waals surface area contributed by atoms with Crippen molar-refractivity contribution in [2.24, 2.45) is 0 Å². The zero-order valence-electron chi connectivity index (χ0n) is 7.90. The lowest BCUT2D eigenvalue weighted by Gasteiger charge is -1.99. The number of methoxy groups -OCH3 is 1. The van der Waals surface area contributed by atoms with Crippen molar-refractivity contribution in [3.05, 3.63) is 34.8 Å². The van der Waals surface area contributed by atoms with Crippen LogP contribution in [0.2, 0.25) is 0 Å². The van der Waals surface area contributed by atoms with Crippen molar-refractivity contribution < 1.29 is 9.15 Å². The van der Waals surface area contributed by atoms with Crippen LogP contribution in [0, 0.1) is 0 Å². The number of rotatable bonds is 3. The molecule has 1 aromatic heterocycles. The second-order valence-electron chi connectivity index (χ2n) is 2.98. The van der Waals surface area contributed by atoms with Gasteiger partial charge in [-0.2, -0.15) is 0 Å². The van der Waals surface area contributed by atoms with Gasteiger partial charge in [-0.1, -0.05) is 12.1 Å². The molecule has 0 bridgehead atoms. The number of ether oxygens (including phenoxy) is 1. The Bertz CT molecular complexity index is 483. The molecule has 0 amide bonds. The fourth-order valence-corrected chi connectivity index (χ4v) is 1.41. The van der Waals surface area contributed by atoms with E-state index in [1.54, 1.807) is 17.7 Å². The van der Waals surface area contributed by atoms with Gasteiger partial charge in [-0.05, 0) is 12.1 Å². The maximum Gasteiger partial charge on any atom is 0.420 e. The molecule has 0 radical (unpaired) electrons. The number of fused-ring (bicyclic) bond motifs is 1. The van der Waals surface area contributed by atoms with E-state index in [1.165, 1.54) is 0 Å². The average molecular weight is 193 g/mol. The summed E-state index contributed by atoms with van der Waals surface area (Å²) in [5, 5.41) is 0. The lowest BCUT2D eigenvalue weighted by atomic mass is 10.3. The summed E-state index contributed by atoms with van der Waals surface area (Å²) in [6.45, 7) is 1.02. The first-order chi connectivity index (χ1) is 6.83. The van der Waals surface area contributed by atoms with Crippen LogP contribution >= 0.6 is 0 Å². The quantitative estimate of drug-likeness (QED) is 0.736. The van der Waals surface area contributed by atoms with Gasteiger partial charge in [0.2, 0.25) is 0 Å². The number of hydrogen-bond acceptors (Lipinski definition) is 3. The summed E-state index contributed by atoms with van der Waals surface area (Å²) in [6, 6.07) is 7.35. The van der Waals surface area contributed by atoms with Gasteiger partial charge >= 0.3 is 5.76 Å². The van der Waals surface area contributed by atoms with Crippen LogP contribution in [0.1, 0.15) is 0 Å². The minimum absolute atomic E-state index is 0.330. The summed E-state index contributed by atoms with van der Waals surface area (Å²) < 4.78 is 11.5. The van der Waals surface area contributed by atoms with E-state index < -0.39 is 0 Å². The molecule has 0 aliphatic carbocycles. The molecule has 2 rings (SSSR count). The van der Waals surface area contributed by atoms with Gasteiger partial charge in [-0.3, -0.25) is 4.57 Å². The molecule has 0 N–H and O–H groups in total. The lowest BCUT2D eigenvalue weighted by Crippen LogP contribution is -2.16. The van der Waals surface area contributed by atoms with Crippen molar-refractivity contribution in [3.8, 4) is 0 Å². The molecular weight excluding hydrogens is 182 g/mol. The van der Waals surface area contributed by atoms with Gasteiger partial charge in [0.15, 0.2) is 5.58 Å². The molecule has 4 nitrogen and oxygen atoms in total. The predicted molar refractivity (Wildman–Crippen MR) is 52.4 cm³/mol. The molecule has 74 valence electrons. The van der Waals surface area contributed by atoms with Crippen molar-refractivity contribution in [2.45, 2.75) is 6.54 Å². The topological polar surface area (TPSA) is 44.4 Å². The van der Waals surface area contributed by atoms with Gasteiger partial charge < -0.3 is 9.15 Å². The van der Waals surface area contributed by atoms with Crippen LogP contribution < -0.4 is 5.76 Å². The van der Waals surface area contributed by atoms with E-state index >= 15 is 0 Å². The molecule has 0 unspecified atom stereocenters. The summed E-state index contributed by atoms with van der Waals surface area (Å²) >= 11 is 0. The number of hydrogen-bond donors (Lipinski definition) is 0. The van der Waals surface area contributed by atoms with Crippen molar-refractivity contribution >= 4 is 11.1 Å². The first-order valence-corrected chi connectivity index (χ1v) is 4.40. The average Bonchev–Trinajstić information content (AvgIpc) is 2.51. The van der Waals surface area contributed by atoms with Crippen LogP contribution in [0.15, 0.2) is 33.5 Å². The van der Waals surface area contributed by atoms with E-state index in [0.29, 0.717) is 18.7 Å². The fraction of sp³-hybridized carbons (Fsp3) is 0.300. The van der Waals surface area contributed by atoms with Gasteiger partial charge in [0.05, 0.1) is 18.7 Å². The summed E-state index contributed by atoms with van der Waals surface area (Å²) in [6.07, 6.45) is 0. The number of nitrogens with zero attached hydrogens (tertiary/aromatic N) is 1. The molecule has 0 aliphatic rings. The monoisotopic (exact) mass is 193 g/mol. The Labute approximate surface area is 80.7 Å². The van der Waals surface area contributed by atoms with E-state index in [9.17, 15) is 4.79 Å². The van der Waals surface area contributed by atoms with E-state index in [4.69, 9.17) is 9.15 Å². The summed E-state index contributed by atoms with van der Waals surface area (Å²) in [4.78, 5) is 11.4. The Morgan fingerprint density at radius 1 is 1.43 bits per heavy atom. The largest absolute Gasteiger partial charge is 0.420 e. The third kappa shape index (κ3) is 1.44. The summed E-state index contributed by atoms with van der Waals surface area (Å²) in [5.41, 5.74) is 1.43. The summed E-state index contributed by atoms with van der Waals surface area (Å²) in [5.74, 6) is -0.330. The molecule has 0 saturated carbocycles. The molecule has 0 atom stereocenters. The third-order valence-electron chi connectivity index (χ3n) is 2.09. The second kappa shape index (κ2) is 3.67. The zero-order chi connectivity index (χ0) is 9.97. The molecule has 0 spiro atoms. The normalized spacial score (nSPS) is 10.9. The molecule has 14 heavy (non-hydrogen) atoms. The Morgan fingerprint density at radius 2 is 2.21 bits per heavy atom. The van der Waals surface area contributed by atoms with Crippen LogP contribution in [-0.4, -0.2) is 18.3 Å². The molecule has 1 aromatic carbocycles. The highest BCUT2D eigenvalue weighted by Crippen LogP contribution is 2.11. The second-order valence-corrected chi connectivity index (χ2v) is 2.98. The lowest BCUT2D eigenvalue weighted by molar-refractivity contribution is 0.186. The number of benzene rings is 1. The van der Waals surface area contributed by atoms with E-state index in [0.717, 1.165) is 5.52 Å². The van der Waals surface area contributed by atoms with Crippen LogP contribution in [0.4, 0.5) is 0 Å². The molecule has 4 heteroatoms. The Morgan fingerprint density at radius 3 is 3.00 bits per heavy atom. The van der Waals surface area contributed by atoms with Gasteiger partial charge in [0, 0.05) is 7.11 Å². The predicted octanol–water partition coefficient (Wildman–Crippen LogP) is 1.24. The smallest absolute Gasteiger partial charge is 0.408 e. The van der Waals surface area contributed by atoms with Crippen molar-refractivity contribution in [2.75, 3.05) is 13.7 Å². The van der Waals surface area contributed by atoms with Gasteiger partial charge in [-0.25, -0.2) is 4.79 Å². The van der Waals surface area contributed by atoms with Crippen molar-refractivity contribution in [1.29, 1.82) is 0 Å². The van der Waals surface area contributed by atoms with Crippen LogP contribution in [-0.2, 0) is 11.3 Å². The van der Waals surface area contributed by atoms with E-state index in [1.807, 2.05) is 18.2 Å². The van der Waals surface area contributed by atoms with Crippen LogP contribution in [0.5, 0.6) is 0 Å². The fourth-order valence-electron chi connectivity index (χ4n) is 1.41. The third-order valence-corrected chi connectivity index (χ3v) is 2.09. The first-order valence-electron chi connectivity index (χ1n) is 4.40. The van der Waals surface area contributed by atoms with Crippen LogP contribution in [0.3, 0.4) is 0 Å². The number of aromatic nitrogens is 1. The van der Waals surface area contributed by atoms with Gasteiger partial charge in [-0.15, -0.1) is 0 Å². The minimum atomic E-state index is -0.330. The first kappa shape index (κ1) is 9.02. The molecule has 0 aliphatic heterocycles. The number of oxazole rings is 1. The summed E-state index contributed by atoms with van der Waals surface area (Å²) in [7, 11) is 1.60. The van der Waals surface area contributed by atoms with Crippen molar-refractivity contribution in [3.63, 3.8) is 0 Å². The maximum atomic E-state index is 11.4. The minimum Gasteiger partial charge on any atom is -0.408 e. The highest BCUT2D eigenvalue weighted by Gasteiger charge is 2.06. The molecule has 2 aromatic rings. The highest BCUT2D eigenvalue weighted by molar-refractivity contribution is 5.72. The molecule has 1 heterocycles.